The van der Waals surface area contributed by atoms with Gasteiger partial charge in [-0.2, -0.15) is 9.61 Å². The Morgan fingerprint density at radius 1 is 1.00 bits per heavy atom. The van der Waals surface area contributed by atoms with Crippen molar-refractivity contribution < 1.29 is 18.6 Å². The van der Waals surface area contributed by atoms with Crippen LogP contribution in [0.2, 0.25) is 0 Å². The molecule has 1 aliphatic heterocycles. The second-order valence-electron chi connectivity index (χ2n) is 7.48. The van der Waals surface area contributed by atoms with Gasteiger partial charge in [-0.05, 0) is 48.0 Å². The SMILES string of the molecule is O=c1c(Cc2ccc3c(c2)OCO3)nnc2sc(-c3ccc(F)c(Oc4ccccc4)c3)nn12. The average Bonchev–Trinajstić information content (AvgIpc) is 3.50. The number of hydrogen-bond acceptors (Lipinski definition) is 8. The Kier molecular flexibility index (Phi) is 4.92. The molecule has 34 heavy (non-hydrogen) atoms. The molecule has 2 aromatic heterocycles. The van der Waals surface area contributed by atoms with Crippen LogP contribution in [0.1, 0.15) is 11.3 Å². The van der Waals surface area contributed by atoms with Gasteiger partial charge in [0.05, 0.1) is 0 Å². The zero-order valence-electron chi connectivity index (χ0n) is 17.5. The minimum Gasteiger partial charge on any atom is -0.454 e. The molecule has 3 heterocycles. The summed E-state index contributed by atoms with van der Waals surface area (Å²) in [6, 6.07) is 18.8. The fraction of sp³-hybridized carbons (Fsp3) is 0.0833. The van der Waals surface area contributed by atoms with Crippen LogP contribution >= 0.6 is 11.3 Å². The minimum atomic E-state index is -0.503. The summed E-state index contributed by atoms with van der Waals surface area (Å²) in [5.74, 6) is 1.37. The van der Waals surface area contributed by atoms with Crippen LogP contribution in [0.25, 0.3) is 15.5 Å². The Labute approximate surface area is 195 Å². The number of halogens is 1. The lowest BCUT2D eigenvalue weighted by Crippen LogP contribution is -2.22. The van der Waals surface area contributed by atoms with Gasteiger partial charge >= 0.3 is 0 Å². The summed E-state index contributed by atoms with van der Waals surface area (Å²) >= 11 is 1.18. The van der Waals surface area contributed by atoms with Crippen LogP contribution in [-0.2, 0) is 6.42 Å². The molecular formula is C24H15FN4O4S. The van der Waals surface area contributed by atoms with E-state index in [9.17, 15) is 9.18 Å². The topological polar surface area (TPSA) is 87.8 Å². The van der Waals surface area contributed by atoms with Crippen molar-refractivity contribution >= 4 is 16.3 Å². The molecule has 5 aromatic rings. The molecule has 10 heteroatoms. The van der Waals surface area contributed by atoms with Crippen LogP contribution in [0.5, 0.6) is 23.0 Å². The summed E-state index contributed by atoms with van der Waals surface area (Å²) in [4.78, 5) is 13.4. The molecule has 0 saturated carbocycles. The van der Waals surface area contributed by atoms with E-state index in [0.717, 1.165) is 5.56 Å². The molecule has 0 aliphatic carbocycles. The van der Waals surface area contributed by atoms with Crippen molar-refractivity contribution in [2.45, 2.75) is 6.42 Å². The number of aromatic nitrogens is 4. The monoisotopic (exact) mass is 474 g/mol. The van der Waals surface area contributed by atoms with Crippen LogP contribution in [0.4, 0.5) is 4.39 Å². The summed E-state index contributed by atoms with van der Waals surface area (Å²) in [6.07, 6.45) is 0.268. The molecule has 0 N–H and O–H groups in total. The van der Waals surface area contributed by atoms with Crippen LogP contribution < -0.4 is 19.8 Å². The lowest BCUT2D eigenvalue weighted by atomic mass is 10.1. The number of para-hydroxylation sites is 1. The molecule has 8 nitrogen and oxygen atoms in total. The first-order valence-electron chi connectivity index (χ1n) is 10.3. The summed E-state index contributed by atoms with van der Waals surface area (Å²) < 4.78 is 32.0. The van der Waals surface area contributed by atoms with E-state index in [4.69, 9.17) is 14.2 Å². The Bertz CT molecular complexity index is 1590. The van der Waals surface area contributed by atoms with Crippen LogP contribution in [0.3, 0.4) is 0 Å². The van der Waals surface area contributed by atoms with Gasteiger partial charge in [0, 0.05) is 12.0 Å². The molecule has 168 valence electrons. The van der Waals surface area contributed by atoms with E-state index in [2.05, 4.69) is 15.3 Å². The summed E-state index contributed by atoms with van der Waals surface area (Å²) in [5, 5.41) is 13.2. The molecule has 0 unspecified atom stereocenters. The van der Waals surface area contributed by atoms with Crippen molar-refractivity contribution in [2.75, 3.05) is 6.79 Å². The zero-order valence-corrected chi connectivity index (χ0v) is 18.3. The average molecular weight is 474 g/mol. The molecule has 0 bridgehead atoms. The van der Waals surface area contributed by atoms with Crippen molar-refractivity contribution in [3.63, 3.8) is 0 Å². The van der Waals surface area contributed by atoms with E-state index in [1.165, 1.54) is 21.9 Å². The first-order valence-corrected chi connectivity index (χ1v) is 11.1. The van der Waals surface area contributed by atoms with Gasteiger partial charge in [-0.3, -0.25) is 4.79 Å². The van der Waals surface area contributed by atoms with Gasteiger partial charge in [0.1, 0.15) is 16.5 Å². The number of benzene rings is 3. The molecule has 6 rings (SSSR count). The molecule has 0 fully saturated rings. The van der Waals surface area contributed by atoms with Gasteiger partial charge < -0.3 is 14.2 Å². The molecular weight excluding hydrogens is 459 g/mol. The highest BCUT2D eigenvalue weighted by atomic mass is 32.1. The smallest absolute Gasteiger partial charge is 0.297 e. The Morgan fingerprint density at radius 2 is 1.85 bits per heavy atom. The minimum absolute atomic E-state index is 0.0601. The molecule has 0 radical (unpaired) electrons. The van der Waals surface area contributed by atoms with Gasteiger partial charge in [-0.1, -0.05) is 35.6 Å². The third kappa shape index (κ3) is 3.73. The summed E-state index contributed by atoms with van der Waals surface area (Å²) in [5.41, 5.74) is 1.32. The molecule has 0 atom stereocenters. The van der Waals surface area contributed by atoms with Gasteiger partial charge in [-0.25, -0.2) is 4.39 Å². The lowest BCUT2D eigenvalue weighted by Gasteiger charge is -2.07. The third-order valence-corrected chi connectivity index (χ3v) is 6.16. The second kappa shape index (κ2) is 8.23. The predicted molar refractivity (Wildman–Crippen MR) is 122 cm³/mol. The van der Waals surface area contributed by atoms with Gasteiger partial charge in [0.2, 0.25) is 11.8 Å². The Hall–Kier alpha value is -4.31. The number of fused-ring (bicyclic) bond motifs is 2. The molecule has 1 aliphatic rings. The first kappa shape index (κ1) is 20.3. The van der Waals surface area contributed by atoms with Crippen LogP contribution in [-0.4, -0.2) is 26.6 Å². The number of nitrogens with zero attached hydrogens (tertiary/aromatic N) is 4. The number of ether oxygens (including phenoxy) is 3. The highest BCUT2D eigenvalue weighted by Crippen LogP contribution is 2.33. The van der Waals surface area contributed by atoms with Gasteiger partial charge in [-0.15, -0.1) is 10.2 Å². The zero-order chi connectivity index (χ0) is 23.1. The van der Waals surface area contributed by atoms with E-state index in [1.807, 2.05) is 18.2 Å². The number of hydrogen-bond donors (Lipinski definition) is 0. The second-order valence-corrected chi connectivity index (χ2v) is 8.43. The maximum Gasteiger partial charge on any atom is 0.297 e. The fourth-order valence-corrected chi connectivity index (χ4v) is 4.38. The van der Waals surface area contributed by atoms with E-state index in [1.54, 1.807) is 42.5 Å². The number of rotatable bonds is 5. The standard InChI is InChI=1S/C24H15FN4O4S/c25-17-8-7-15(12-20(17)33-16-4-2-1-3-5-16)22-28-29-23(30)18(26-27-24(29)34-22)10-14-6-9-19-21(11-14)32-13-31-19/h1-9,11-12H,10,13H2. The maximum atomic E-state index is 14.3. The molecule has 0 spiro atoms. The van der Waals surface area contributed by atoms with Crippen molar-refractivity contribution in [2.24, 2.45) is 0 Å². The van der Waals surface area contributed by atoms with E-state index in [0.29, 0.717) is 32.8 Å². The van der Waals surface area contributed by atoms with Crippen LogP contribution in [0.15, 0.2) is 71.5 Å². The van der Waals surface area contributed by atoms with Gasteiger partial charge in [0.25, 0.3) is 5.56 Å². The largest absolute Gasteiger partial charge is 0.454 e. The van der Waals surface area contributed by atoms with Crippen molar-refractivity contribution in [1.29, 1.82) is 0 Å². The molecule has 0 saturated heterocycles. The highest BCUT2D eigenvalue weighted by molar-refractivity contribution is 7.19. The van der Waals surface area contributed by atoms with E-state index < -0.39 is 5.82 Å². The summed E-state index contributed by atoms with van der Waals surface area (Å²) in [6.45, 7) is 0.177. The maximum absolute atomic E-state index is 14.3. The quantitative estimate of drug-likeness (QED) is 0.372. The van der Waals surface area contributed by atoms with Crippen molar-refractivity contribution in [1.82, 2.24) is 19.8 Å². The van der Waals surface area contributed by atoms with E-state index in [-0.39, 0.29) is 30.2 Å². The fourth-order valence-electron chi connectivity index (χ4n) is 3.55. The normalized spacial score (nSPS) is 12.3. The molecule has 3 aromatic carbocycles. The Balaban J connectivity index is 1.32. The van der Waals surface area contributed by atoms with Crippen LogP contribution in [0, 0.1) is 5.82 Å². The van der Waals surface area contributed by atoms with Gasteiger partial charge in [0.15, 0.2) is 23.1 Å². The lowest BCUT2D eigenvalue weighted by molar-refractivity contribution is 0.174. The Morgan fingerprint density at radius 3 is 2.74 bits per heavy atom. The van der Waals surface area contributed by atoms with Crippen molar-refractivity contribution in [3.05, 3.63) is 94.2 Å². The highest BCUT2D eigenvalue weighted by Gasteiger charge is 2.17. The molecule has 0 amide bonds. The van der Waals surface area contributed by atoms with Crippen molar-refractivity contribution in [3.8, 4) is 33.6 Å². The third-order valence-electron chi connectivity index (χ3n) is 5.21. The van der Waals surface area contributed by atoms with E-state index >= 15 is 0 Å². The first-order chi connectivity index (χ1) is 16.6. The predicted octanol–water partition coefficient (Wildman–Crippen LogP) is 4.46. The summed E-state index contributed by atoms with van der Waals surface area (Å²) in [7, 11) is 0.